The molecule has 0 saturated heterocycles. The molecule has 4 fully saturated rings. The predicted octanol–water partition coefficient (Wildman–Crippen LogP) is 6.85. The Bertz CT molecular complexity index is 1330. The minimum absolute atomic E-state index is 0.00339. The van der Waals surface area contributed by atoms with Crippen LogP contribution in [0.4, 0.5) is 10.6 Å². The van der Waals surface area contributed by atoms with E-state index in [0.717, 1.165) is 68.1 Å². The van der Waals surface area contributed by atoms with Crippen LogP contribution in [-0.4, -0.2) is 26.9 Å². The number of aryl methyl sites for hydroxylation is 1. The fourth-order valence-corrected chi connectivity index (χ4v) is 7.31. The van der Waals surface area contributed by atoms with Gasteiger partial charge in [0.15, 0.2) is 0 Å². The lowest BCUT2D eigenvalue weighted by atomic mass is 9.47. The number of ether oxygens (including phenoxy) is 1. The fourth-order valence-electron chi connectivity index (χ4n) is 7.31. The van der Waals surface area contributed by atoms with Crippen LogP contribution < -0.4 is 5.32 Å². The zero-order chi connectivity index (χ0) is 26.5. The number of aromatic nitrogens is 2. The smallest absolute Gasteiger partial charge is 0.413 e. The van der Waals surface area contributed by atoms with Crippen LogP contribution in [0.15, 0.2) is 60.8 Å². The molecule has 1 aromatic heterocycles. The molecule has 2 aromatic carbocycles. The van der Waals surface area contributed by atoms with Gasteiger partial charge in [-0.05, 0) is 85.8 Å². The summed E-state index contributed by atoms with van der Waals surface area (Å²) in [4.78, 5) is 24.8. The SMILES string of the molecule is CC(OC(=O)Nc1c(-c2ccc(C34CCC(C5(C(=O)O)CC5)(CC3)CC4)cc2)cnn1C)c1ccccc1. The van der Waals surface area contributed by atoms with E-state index in [4.69, 9.17) is 4.74 Å². The number of carboxylic acids is 1. The number of benzene rings is 2. The molecule has 1 unspecified atom stereocenters. The number of aliphatic carboxylic acids is 1. The maximum Gasteiger partial charge on any atom is 0.413 e. The van der Waals surface area contributed by atoms with Crippen molar-refractivity contribution in [3.8, 4) is 11.1 Å². The van der Waals surface area contributed by atoms with Gasteiger partial charge < -0.3 is 9.84 Å². The molecule has 4 aliphatic carbocycles. The molecule has 1 heterocycles. The summed E-state index contributed by atoms with van der Waals surface area (Å²) in [5.74, 6) is 0.0141. The number of amides is 1. The summed E-state index contributed by atoms with van der Waals surface area (Å²) in [6, 6.07) is 18.3. The average Bonchev–Trinajstić information content (AvgIpc) is 3.71. The van der Waals surface area contributed by atoms with Crippen LogP contribution >= 0.6 is 0 Å². The van der Waals surface area contributed by atoms with Crippen molar-refractivity contribution in [1.29, 1.82) is 0 Å². The first-order valence-electron chi connectivity index (χ1n) is 13.7. The molecule has 7 heteroatoms. The molecular formula is C31H35N3O4. The summed E-state index contributed by atoms with van der Waals surface area (Å²) in [5, 5.41) is 17.2. The fraction of sp³-hybridized carbons (Fsp3) is 0.452. The van der Waals surface area contributed by atoms with Gasteiger partial charge in [-0.2, -0.15) is 5.10 Å². The second-order valence-corrected chi connectivity index (χ2v) is 11.6. The molecule has 2 N–H and O–H groups in total. The number of rotatable bonds is 7. The Balaban J connectivity index is 1.16. The van der Waals surface area contributed by atoms with Gasteiger partial charge in [-0.25, -0.2) is 4.79 Å². The minimum Gasteiger partial charge on any atom is -0.481 e. The number of carbonyl (C=O) groups excluding carboxylic acids is 1. The van der Waals surface area contributed by atoms with Gasteiger partial charge in [0.25, 0.3) is 0 Å². The Hall–Kier alpha value is -3.61. The van der Waals surface area contributed by atoms with E-state index in [2.05, 4.69) is 34.7 Å². The standard InChI is InChI=1S/C31H35N3O4/c1-21(22-6-4-3-5-7-22)38-28(37)33-26-25(20-32-34(26)2)23-8-10-24(11-9-23)29-12-15-30(16-13-29,17-14-29)31(18-19-31)27(35)36/h3-11,20-21H,12-19H2,1-2H3,(H,33,37)(H,35,36). The van der Waals surface area contributed by atoms with Crippen molar-refractivity contribution in [2.45, 2.75) is 69.8 Å². The van der Waals surface area contributed by atoms with E-state index in [1.165, 1.54) is 5.56 Å². The number of nitrogens with one attached hydrogen (secondary N) is 1. The van der Waals surface area contributed by atoms with Crippen LogP contribution in [-0.2, 0) is 22.0 Å². The molecule has 0 aliphatic heterocycles. The second-order valence-electron chi connectivity index (χ2n) is 11.6. The van der Waals surface area contributed by atoms with Gasteiger partial charge in [0.05, 0.1) is 11.6 Å². The third-order valence-corrected chi connectivity index (χ3v) is 9.94. The van der Waals surface area contributed by atoms with Crippen molar-refractivity contribution in [3.05, 3.63) is 71.9 Å². The topological polar surface area (TPSA) is 93.4 Å². The molecule has 198 valence electrons. The number of nitrogens with zero attached hydrogens (tertiary/aromatic N) is 2. The van der Waals surface area contributed by atoms with E-state index in [1.54, 1.807) is 17.9 Å². The number of carboxylic acid groups (broad SMARTS) is 1. The Morgan fingerprint density at radius 3 is 2.16 bits per heavy atom. The summed E-state index contributed by atoms with van der Waals surface area (Å²) >= 11 is 0. The number of fused-ring (bicyclic) bond motifs is 3. The molecule has 4 aliphatic rings. The average molecular weight is 514 g/mol. The highest BCUT2D eigenvalue weighted by Gasteiger charge is 2.67. The summed E-state index contributed by atoms with van der Waals surface area (Å²) < 4.78 is 7.26. The zero-order valence-electron chi connectivity index (χ0n) is 22.1. The van der Waals surface area contributed by atoms with Crippen LogP contribution in [0.1, 0.15) is 75.5 Å². The molecule has 3 aromatic rings. The van der Waals surface area contributed by atoms with E-state index in [1.807, 2.05) is 37.3 Å². The number of hydrogen-bond acceptors (Lipinski definition) is 4. The van der Waals surface area contributed by atoms with Crippen molar-refractivity contribution in [2.75, 3.05) is 5.32 Å². The number of anilines is 1. The van der Waals surface area contributed by atoms with E-state index in [0.29, 0.717) is 5.82 Å². The Morgan fingerprint density at radius 2 is 1.58 bits per heavy atom. The largest absolute Gasteiger partial charge is 0.481 e. The van der Waals surface area contributed by atoms with Crippen molar-refractivity contribution in [3.63, 3.8) is 0 Å². The van der Waals surface area contributed by atoms with Gasteiger partial charge >= 0.3 is 12.1 Å². The first-order valence-corrected chi connectivity index (χ1v) is 13.7. The van der Waals surface area contributed by atoms with E-state index >= 15 is 0 Å². The van der Waals surface area contributed by atoms with Crippen molar-refractivity contribution < 1.29 is 19.4 Å². The second kappa shape index (κ2) is 9.00. The van der Waals surface area contributed by atoms with Gasteiger partial charge in [0.1, 0.15) is 11.9 Å². The number of carbonyl (C=O) groups is 2. The normalized spacial score (nSPS) is 25.9. The van der Waals surface area contributed by atoms with Crippen LogP contribution in [0.25, 0.3) is 11.1 Å². The molecule has 7 rings (SSSR count). The van der Waals surface area contributed by atoms with Gasteiger partial charge in [0, 0.05) is 12.6 Å². The van der Waals surface area contributed by atoms with Gasteiger partial charge in [-0.3, -0.25) is 14.8 Å². The summed E-state index contributed by atoms with van der Waals surface area (Å²) in [5.41, 5.74) is 3.78. The van der Waals surface area contributed by atoms with Crippen LogP contribution in [0.2, 0.25) is 0 Å². The van der Waals surface area contributed by atoms with Gasteiger partial charge in [-0.1, -0.05) is 54.6 Å². The molecule has 1 atom stereocenters. The van der Waals surface area contributed by atoms with Crippen molar-refractivity contribution in [2.24, 2.45) is 17.9 Å². The van der Waals surface area contributed by atoms with Gasteiger partial charge in [0.2, 0.25) is 0 Å². The van der Waals surface area contributed by atoms with E-state index in [9.17, 15) is 14.7 Å². The maximum absolute atomic E-state index is 12.7. The molecule has 0 spiro atoms. The lowest BCUT2D eigenvalue weighted by Gasteiger charge is -2.56. The monoisotopic (exact) mass is 513 g/mol. The van der Waals surface area contributed by atoms with Crippen LogP contribution in [0.3, 0.4) is 0 Å². The first-order chi connectivity index (χ1) is 18.3. The maximum atomic E-state index is 12.7. The Labute approximate surface area is 223 Å². The van der Waals surface area contributed by atoms with Crippen LogP contribution in [0.5, 0.6) is 0 Å². The molecule has 38 heavy (non-hydrogen) atoms. The van der Waals surface area contributed by atoms with Gasteiger partial charge in [-0.15, -0.1) is 0 Å². The summed E-state index contributed by atoms with van der Waals surface area (Å²) in [6.07, 6.45) is 8.80. The molecule has 7 nitrogen and oxygen atoms in total. The van der Waals surface area contributed by atoms with E-state index in [-0.39, 0.29) is 16.9 Å². The summed E-state index contributed by atoms with van der Waals surface area (Å²) in [6.45, 7) is 1.85. The summed E-state index contributed by atoms with van der Waals surface area (Å²) in [7, 11) is 1.80. The van der Waals surface area contributed by atoms with Crippen LogP contribution in [0, 0.1) is 10.8 Å². The molecule has 0 radical (unpaired) electrons. The molecule has 1 amide bonds. The highest BCUT2D eigenvalue weighted by molar-refractivity contribution is 5.90. The highest BCUT2D eigenvalue weighted by Crippen LogP contribution is 2.71. The molecule has 4 saturated carbocycles. The lowest BCUT2D eigenvalue weighted by molar-refractivity contribution is -0.154. The third kappa shape index (κ3) is 3.91. The lowest BCUT2D eigenvalue weighted by Crippen LogP contribution is -2.50. The quantitative estimate of drug-likeness (QED) is 0.360. The minimum atomic E-state index is -0.574. The van der Waals surface area contributed by atoms with Crippen molar-refractivity contribution in [1.82, 2.24) is 9.78 Å². The molecule has 2 bridgehead atoms. The third-order valence-electron chi connectivity index (χ3n) is 9.94. The molecular weight excluding hydrogens is 478 g/mol. The Morgan fingerprint density at radius 1 is 0.947 bits per heavy atom. The number of hydrogen-bond donors (Lipinski definition) is 2. The predicted molar refractivity (Wildman–Crippen MR) is 145 cm³/mol. The highest BCUT2D eigenvalue weighted by atomic mass is 16.6. The van der Waals surface area contributed by atoms with Crippen molar-refractivity contribution >= 4 is 17.9 Å². The first kappa shape index (κ1) is 24.7. The Kier molecular flexibility index (Phi) is 5.85. The van der Waals surface area contributed by atoms with E-state index < -0.39 is 17.5 Å². The zero-order valence-corrected chi connectivity index (χ0v) is 22.1.